The molecule has 1 aromatic carbocycles. The lowest BCUT2D eigenvalue weighted by Crippen LogP contribution is -2.35. The van der Waals surface area contributed by atoms with Crippen molar-refractivity contribution >= 4 is 22.2 Å². The van der Waals surface area contributed by atoms with Crippen LogP contribution in [0.5, 0.6) is 0 Å². The summed E-state index contributed by atoms with van der Waals surface area (Å²) in [5.41, 5.74) is 2.44. The molecule has 0 radical (unpaired) electrons. The van der Waals surface area contributed by atoms with Crippen LogP contribution < -0.4 is 5.56 Å². The number of pyridine rings is 1. The average Bonchev–Trinajstić information content (AvgIpc) is 3.45. The lowest BCUT2D eigenvalue weighted by Gasteiger charge is -2.32. The first-order valence-electron chi connectivity index (χ1n) is 11.4. The summed E-state index contributed by atoms with van der Waals surface area (Å²) in [4.78, 5) is 19.8. The summed E-state index contributed by atoms with van der Waals surface area (Å²) in [5, 5.41) is 15.9. The van der Waals surface area contributed by atoms with Crippen LogP contribution in [-0.2, 0) is 18.6 Å². The Labute approximate surface area is 198 Å². The number of thiophene rings is 1. The number of para-hydroxylation sites is 1. The Morgan fingerprint density at radius 2 is 2.00 bits per heavy atom. The molecule has 0 aliphatic carbocycles. The van der Waals surface area contributed by atoms with Crippen molar-refractivity contribution in [1.82, 2.24) is 30.1 Å². The molecule has 33 heavy (non-hydrogen) atoms. The van der Waals surface area contributed by atoms with Gasteiger partial charge in [0.05, 0.1) is 17.1 Å². The molecule has 3 heterocycles. The topological polar surface area (TPSA) is 79.7 Å². The van der Waals surface area contributed by atoms with E-state index in [2.05, 4.69) is 76.7 Å². The third-order valence-corrected chi connectivity index (χ3v) is 6.77. The maximum Gasteiger partial charge on any atom is 0.252 e. The van der Waals surface area contributed by atoms with Gasteiger partial charge in [0.15, 0.2) is 5.82 Å². The number of rotatable bonds is 8. The van der Waals surface area contributed by atoms with E-state index in [-0.39, 0.29) is 17.1 Å². The quantitative estimate of drug-likeness (QED) is 0.388. The Bertz CT molecular complexity index is 1270. The molecule has 7 nitrogen and oxygen atoms in total. The number of aryl methyl sites for hydroxylation is 1. The molecular weight excluding hydrogens is 432 g/mol. The number of H-pyrrole nitrogens is 1. The maximum atomic E-state index is 13.1. The highest BCUT2D eigenvalue weighted by molar-refractivity contribution is 7.09. The summed E-state index contributed by atoms with van der Waals surface area (Å²) in [6.07, 6.45) is 1.88. The normalized spacial score (nSPS) is 13.2. The Morgan fingerprint density at radius 1 is 1.18 bits per heavy atom. The number of nitrogens with one attached hydrogen (secondary N) is 1. The molecule has 0 fully saturated rings. The smallest absolute Gasteiger partial charge is 0.252 e. The summed E-state index contributed by atoms with van der Waals surface area (Å²) in [6, 6.07) is 12.3. The first-order chi connectivity index (χ1) is 15.8. The van der Waals surface area contributed by atoms with Gasteiger partial charge < -0.3 is 4.98 Å². The SMILES string of the molecule is CCC[C@H](c1nnnn1C(C)(C)C)N(Cc1cccs1)Cc1cc2cccc(C)c2[nH]c1=O. The summed E-state index contributed by atoms with van der Waals surface area (Å²) >= 11 is 1.73. The van der Waals surface area contributed by atoms with Gasteiger partial charge in [0, 0.05) is 23.5 Å². The van der Waals surface area contributed by atoms with E-state index >= 15 is 0 Å². The highest BCUT2D eigenvalue weighted by atomic mass is 32.1. The van der Waals surface area contributed by atoms with Crippen LogP contribution in [0, 0.1) is 6.92 Å². The van der Waals surface area contributed by atoms with E-state index < -0.39 is 0 Å². The Balaban J connectivity index is 1.78. The molecular formula is C25H32N6OS. The van der Waals surface area contributed by atoms with Gasteiger partial charge in [0.25, 0.3) is 5.56 Å². The first kappa shape index (κ1) is 23.3. The molecule has 0 bridgehead atoms. The summed E-state index contributed by atoms with van der Waals surface area (Å²) in [7, 11) is 0. The number of tetrazole rings is 1. The maximum absolute atomic E-state index is 13.1. The molecule has 0 aliphatic rings. The van der Waals surface area contributed by atoms with E-state index in [9.17, 15) is 4.79 Å². The second kappa shape index (κ2) is 9.57. The van der Waals surface area contributed by atoms with Gasteiger partial charge in [-0.05, 0) is 73.0 Å². The minimum absolute atomic E-state index is 0.0149. The van der Waals surface area contributed by atoms with E-state index in [1.165, 1.54) is 4.88 Å². The zero-order valence-electron chi connectivity index (χ0n) is 20.0. The van der Waals surface area contributed by atoms with Gasteiger partial charge in [-0.3, -0.25) is 9.69 Å². The fourth-order valence-electron chi connectivity index (χ4n) is 4.27. The number of hydrogen-bond acceptors (Lipinski definition) is 6. The zero-order chi connectivity index (χ0) is 23.6. The molecule has 4 aromatic rings. The minimum atomic E-state index is -0.239. The number of fused-ring (bicyclic) bond motifs is 1. The van der Waals surface area contributed by atoms with Crippen molar-refractivity contribution in [2.75, 3.05) is 0 Å². The van der Waals surface area contributed by atoms with Gasteiger partial charge >= 0.3 is 0 Å². The molecule has 8 heteroatoms. The zero-order valence-corrected chi connectivity index (χ0v) is 20.8. The average molecular weight is 465 g/mol. The van der Waals surface area contributed by atoms with Crippen molar-refractivity contribution < 1.29 is 0 Å². The van der Waals surface area contributed by atoms with Crippen molar-refractivity contribution in [2.45, 2.75) is 72.1 Å². The van der Waals surface area contributed by atoms with Crippen LogP contribution in [0.2, 0.25) is 0 Å². The number of aromatic amines is 1. The van der Waals surface area contributed by atoms with Crippen molar-refractivity contribution in [2.24, 2.45) is 0 Å². The molecule has 1 atom stereocenters. The Kier molecular flexibility index (Phi) is 6.76. The van der Waals surface area contributed by atoms with Crippen LogP contribution in [0.4, 0.5) is 0 Å². The van der Waals surface area contributed by atoms with Crippen molar-refractivity contribution in [1.29, 1.82) is 0 Å². The monoisotopic (exact) mass is 464 g/mol. The van der Waals surface area contributed by atoms with E-state index in [1.807, 2.05) is 29.8 Å². The highest BCUT2D eigenvalue weighted by Gasteiger charge is 2.30. The number of benzene rings is 1. The van der Waals surface area contributed by atoms with Crippen LogP contribution in [0.15, 0.2) is 46.6 Å². The number of hydrogen-bond donors (Lipinski definition) is 1. The van der Waals surface area contributed by atoms with E-state index in [4.69, 9.17) is 0 Å². The van der Waals surface area contributed by atoms with Crippen molar-refractivity contribution in [3.63, 3.8) is 0 Å². The van der Waals surface area contributed by atoms with Gasteiger partial charge in [-0.25, -0.2) is 4.68 Å². The molecule has 1 N–H and O–H groups in total. The highest BCUT2D eigenvalue weighted by Crippen LogP contribution is 2.31. The number of nitrogens with zero attached hydrogens (tertiary/aromatic N) is 5. The van der Waals surface area contributed by atoms with E-state index in [0.29, 0.717) is 6.54 Å². The molecule has 4 rings (SSSR count). The lowest BCUT2D eigenvalue weighted by molar-refractivity contribution is 0.150. The molecule has 0 saturated heterocycles. The fourth-order valence-corrected chi connectivity index (χ4v) is 5.00. The molecule has 0 amide bonds. The second-order valence-corrected chi connectivity index (χ2v) is 10.6. The Morgan fingerprint density at radius 3 is 2.70 bits per heavy atom. The van der Waals surface area contributed by atoms with Crippen molar-refractivity contribution in [3.05, 3.63) is 74.0 Å². The molecule has 174 valence electrons. The van der Waals surface area contributed by atoms with Crippen LogP contribution in [0.1, 0.15) is 68.4 Å². The minimum Gasteiger partial charge on any atom is -0.321 e. The van der Waals surface area contributed by atoms with Crippen LogP contribution in [-0.4, -0.2) is 30.1 Å². The standard InChI is InChI=1S/C25H32N6OS/c1-6-9-21(23-27-28-29-31(23)25(3,4)5)30(16-20-12-8-13-33-20)15-19-14-18-11-7-10-17(2)22(18)26-24(19)32/h7-8,10-14,21H,6,9,15-16H2,1-5H3,(H,26,32)/t21-/m1/s1. The number of aromatic nitrogens is 5. The van der Waals surface area contributed by atoms with E-state index in [0.717, 1.165) is 47.2 Å². The van der Waals surface area contributed by atoms with Gasteiger partial charge in [-0.1, -0.05) is 37.6 Å². The Hall–Kier alpha value is -2.84. The summed E-state index contributed by atoms with van der Waals surface area (Å²) in [6.45, 7) is 11.8. The van der Waals surface area contributed by atoms with Gasteiger partial charge in [0.2, 0.25) is 0 Å². The summed E-state index contributed by atoms with van der Waals surface area (Å²) in [5.74, 6) is 0.842. The lowest BCUT2D eigenvalue weighted by atomic mass is 10.0. The van der Waals surface area contributed by atoms with Gasteiger partial charge in [0.1, 0.15) is 0 Å². The van der Waals surface area contributed by atoms with E-state index in [1.54, 1.807) is 11.3 Å². The molecule has 3 aromatic heterocycles. The summed E-state index contributed by atoms with van der Waals surface area (Å²) < 4.78 is 1.92. The fraction of sp³-hybridized carbons (Fsp3) is 0.440. The van der Waals surface area contributed by atoms with Crippen LogP contribution in [0.25, 0.3) is 10.9 Å². The van der Waals surface area contributed by atoms with Crippen LogP contribution >= 0.6 is 11.3 Å². The largest absolute Gasteiger partial charge is 0.321 e. The molecule has 0 spiro atoms. The molecule has 0 unspecified atom stereocenters. The van der Waals surface area contributed by atoms with Gasteiger partial charge in [-0.2, -0.15) is 0 Å². The van der Waals surface area contributed by atoms with Gasteiger partial charge in [-0.15, -0.1) is 16.4 Å². The predicted octanol–water partition coefficient (Wildman–Crippen LogP) is 5.18. The predicted molar refractivity (Wildman–Crippen MR) is 133 cm³/mol. The third-order valence-electron chi connectivity index (χ3n) is 5.91. The molecule has 0 saturated carbocycles. The van der Waals surface area contributed by atoms with Crippen LogP contribution in [0.3, 0.4) is 0 Å². The first-order valence-corrected chi connectivity index (χ1v) is 12.3. The third kappa shape index (κ3) is 5.07. The molecule has 0 aliphatic heterocycles. The second-order valence-electron chi connectivity index (χ2n) is 9.57. The van der Waals surface area contributed by atoms with Crippen molar-refractivity contribution in [3.8, 4) is 0 Å².